The third-order valence-corrected chi connectivity index (χ3v) is 3.66. The normalized spacial score (nSPS) is 11.3. The largest absolute Gasteiger partial charge is 0.423 e. The molecular formula is C19H20N4O2. The monoisotopic (exact) mass is 336 g/mol. The quantitative estimate of drug-likeness (QED) is 0.586. The molecule has 2 N–H and O–H groups in total. The molecule has 128 valence electrons. The fraction of sp³-hybridized carbons (Fsp3) is 0.211. The van der Waals surface area contributed by atoms with Gasteiger partial charge in [-0.1, -0.05) is 39.0 Å². The van der Waals surface area contributed by atoms with Gasteiger partial charge in [-0.2, -0.15) is 9.78 Å². The van der Waals surface area contributed by atoms with Crippen molar-refractivity contribution in [3.8, 4) is 11.6 Å². The number of esters is 1. The first-order valence-electron chi connectivity index (χ1n) is 7.94. The fourth-order valence-corrected chi connectivity index (χ4v) is 2.23. The Balaban J connectivity index is 1.81. The smallest absolute Gasteiger partial charge is 0.345 e. The Bertz CT molecular complexity index is 878. The molecule has 6 heteroatoms. The highest BCUT2D eigenvalue weighted by Gasteiger charge is 2.20. The van der Waals surface area contributed by atoms with E-state index in [0.29, 0.717) is 22.9 Å². The van der Waals surface area contributed by atoms with Crippen LogP contribution in [-0.2, 0) is 5.41 Å². The first kappa shape index (κ1) is 16.7. The van der Waals surface area contributed by atoms with Crippen LogP contribution in [0.5, 0.6) is 5.75 Å². The summed E-state index contributed by atoms with van der Waals surface area (Å²) in [7, 11) is 0. The fourth-order valence-electron chi connectivity index (χ4n) is 2.23. The van der Waals surface area contributed by atoms with Crippen LogP contribution in [0.2, 0.25) is 0 Å². The number of nitrogens with zero attached hydrogens (tertiary/aromatic N) is 3. The molecule has 6 nitrogen and oxygen atoms in total. The molecule has 0 atom stereocenters. The summed E-state index contributed by atoms with van der Waals surface area (Å²) in [5.74, 6) is 1.07. The second-order valence-corrected chi connectivity index (χ2v) is 6.72. The molecule has 0 aliphatic heterocycles. The number of carbonyl (C=O) groups is 1. The second-order valence-electron chi connectivity index (χ2n) is 6.72. The molecule has 3 aromatic rings. The van der Waals surface area contributed by atoms with Gasteiger partial charge in [-0.25, -0.2) is 9.78 Å². The van der Waals surface area contributed by atoms with Gasteiger partial charge in [0, 0.05) is 17.7 Å². The van der Waals surface area contributed by atoms with Crippen LogP contribution in [0.3, 0.4) is 0 Å². The van der Waals surface area contributed by atoms with Gasteiger partial charge in [0.1, 0.15) is 11.6 Å². The lowest BCUT2D eigenvalue weighted by Crippen LogP contribution is -2.13. The number of ether oxygens (including phenoxy) is 1. The van der Waals surface area contributed by atoms with E-state index in [4.69, 9.17) is 10.5 Å². The van der Waals surface area contributed by atoms with Crippen molar-refractivity contribution in [3.63, 3.8) is 0 Å². The van der Waals surface area contributed by atoms with Crippen molar-refractivity contribution in [2.24, 2.45) is 0 Å². The number of nitrogen functional groups attached to an aromatic ring is 1. The van der Waals surface area contributed by atoms with E-state index in [9.17, 15) is 4.79 Å². The van der Waals surface area contributed by atoms with Crippen molar-refractivity contribution in [3.05, 3.63) is 66.0 Å². The summed E-state index contributed by atoms with van der Waals surface area (Å²) in [6.07, 6.45) is 1.46. The number of aromatic nitrogens is 3. The molecule has 25 heavy (non-hydrogen) atoms. The van der Waals surface area contributed by atoms with Crippen LogP contribution in [0.15, 0.2) is 54.7 Å². The van der Waals surface area contributed by atoms with E-state index in [-0.39, 0.29) is 5.41 Å². The number of rotatable bonds is 3. The van der Waals surface area contributed by atoms with Crippen molar-refractivity contribution >= 4 is 11.8 Å². The van der Waals surface area contributed by atoms with Crippen molar-refractivity contribution in [1.29, 1.82) is 0 Å². The predicted molar refractivity (Wildman–Crippen MR) is 95.9 cm³/mol. The Hall–Kier alpha value is -3.15. The molecule has 2 heterocycles. The first-order valence-corrected chi connectivity index (χ1v) is 7.94. The van der Waals surface area contributed by atoms with Gasteiger partial charge in [0.05, 0.1) is 11.3 Å². The molecule has 0 aliphatic carbocycles. The van der Waals surface area contributed by atoms with E-state index < -0.39 is 5.97 Å². The van der Waals surface area contributed by atoms with E-state index >= 15 is 0 Å². The lowest BCUT2D eigenvalue weighted by atomic mass is 9.92. The molecule has 0 bridgehead atoms. The number of para-hydroxylation sites is 1. The number of benzene rings is 1. The van der Waals surface area contributed by atoms with Crippen LogP contribution in [0.1, 0.15) is 36.8 Å². The van der Waals surface area contributed by atoms with Crippen LogP contribution in [0, 0.1) is 0 Å². The highest BCUT2D eigenvalue weighted by Crippen LogP contribution is 2.24. The van der Waals surface area contributed by atoms with Crippen molar-refractivity contribution in [2.75, 3.05) is 5.73 Å². The average Bonchev–Trinajstić information content (AvgIpc) is 2.98. The number of anilines is 1. The molecule has 1 aromatic carbocycles. The summed E-state index contributed by atoms with van der Waals surface area (Å²) in [5.41, 5.74) is 7.16. The minimum atomic E-state index is -0.464. The Kier molecular flexibility index (Phi) is 4.27. The van der Waals surface area contributed by atoms with E-state index in [1.807, 2.05) is 12.1 Å². The molecule has 3 rings (SSSR count). The van der Waals surface area contributed by atoms with Gasteiger partial charge in [0.25, 0.3) is 0 Å². The molecule has 0 saturated carbocycles. The summed E-state index contributed by atoms with van der Waals surface area (Å²) in [6, 6.07) is 14.1. The minimum absolute atomic E-state index is 0.112. The second kappa shape index (κ2) is 6.39. The van der Waals surface area contributed by atoms with E-state index in [2.05, 4.69) is 30.9 Å². The SMILES string of the molecule is CC(C)(C)c1cc(N)n(-c2ccc(C(=O)Oc3ccccc3)cn2)n1. The van der Waals surface area contributed by atoms with E-state index in [1.165, 1.54) is 6.20 Å². The Morgan fingerprint density at radius 3 is 2.40 bits per heavy atom. The topological polar surface area (TPSA) is 83.0 Å². The number of nitrogens with two attached hydrogens (primary N) is 1. The summed E-state index contributed by atoms with van der Waals surface area (Å²) < 4.78 is 6.85. The van der Waals surface area contributed by atoms with E-state index in [0.717, 1.165) is 5.69 Å². The van der Waals surface area contributed by atoms with Gasteiger partial charge in [-0.3, -0.25) is 0 Å². The maximum Gasteiger partial charge on any atom is 0.345 e. The highest BCUT2D eigenvalue weighted by atomic mass is 16.5. The molecule has 0 amide bonds. The van der Waals surface area contributed by atoms with Gasteiger partial charge in [0.2, 0.25) is 0 Å². The van der Waals surface area contributed by atoms with Crippen LogP contribution in [0.4, 0.5) is 5.82 Å². The number of hydrogen-bond donors (Lipinski definition) is 1. The number of carbonyl (C=O) groups excluding carboxylic acids is 1. The molecule has 0 fully saturated rings. The third-order valence-electron chi connectivity index (χ3n) is 3.66. The summed E-state index contributed by atoms with van der Waals surface area (Å²) in [4.78, 5) is 16.4. The molecular weight excluding hydrogens is 316 g/mol. The van der Waals surface area contributed by atoms with Gasteiger partial charge >= 0.3 is 5.97 Å². The highest BCUT2D eigenvalue weighted by molar-refractivity contribution is 5.90. The Morgan fingerprint density at radius 2 is 1.84 bits per heavy atom. The first-order chi connectivity index (χ1) is 11.8. The zero-order chi connectivity index (χ0) is 18.0. The lowest BCUT2D eigenvalue weighted by molar-refractivity contribution is 0.0734. The third kappa shape index (κ3) is 3.68. The Labute approximate surface area is 146 Å². The maximum absolute atomic E-state index is 12.2. The molecule has 0 radical (unpaired) electrons. The molecule has 0 aliphatic rings. The summed E-state index contributed by atoms with van der Waals surface area (Å²) in [6.45, 7) is 6.19. The standard InChI is InChI=1S/C19H20N4O2/c1-19(2,3)15-11-16(20)23(22-15)17-10-9-13(12-21-17)18(24)25-14-7-5-4-6-8-14/h4-12H,20H2,1-3H3. The molecule has 2 aromatic heterocycles. The van der Waals surface area contributed by atoms with Gasteiger partial charge in [-0.05, 0) is 24.3 Å². The van der Waals surface area contributed by atoms with Gasteiger partial charge in [-0.15, -0.1) is 0 Å². The number of pyridine rings is 1. The zero-order valence-corrected chi connectivity index (χ0v) is 14.4. The van der Waals surface area contributed by atoms with Crippen LogP contribution in [-0.4, -0.2) is 20.7 Å². The summed E-state index contributed by atoms with van der Waals surface area (Å²) >= 11 is 0. The van der Waals surface area contributed by atoms with Crippen LogP contribution < -0.4 is 10.5 Å². The van der Waals surface area contributed by atoms with Crippen LogP contribution in [0.25, 0.3) is 5.82 Å². The summed E-state index contributed by atoms with van der Waals surface area (Å²) in [5, 5.41) is 4.51. The molecule has 0 unspecified atom stereocenters. The zero-order valence-electron chi connectivity index (χ0n) is 14.4. The van der Waals surface area contributed by atoms with E-state index in [1.54, 1.807) is 41.1 Å². The minimum Gasteiger partial charge on any atom is -0.423 e. The van der Waals surface area contributed by atoms with Crippen molar-refractivity contribution in [1.82, 2.24) is 14.8 Å². The van der Waals surface area contributed by atoms with Crippen LogP contribution >= 0.6 is 0 Å². The van der Waals surface area contributed by atoms with Crippen molar-refractivity contribution in [2.45, 2.75) is 26.2 Å². The average molecular weight is 336 g/mol. The van der Waals surface area contributed by atoms with Gasteiger partial charge in [0.15, 0.2) is 5.82 Å². The predicted octanol–water partition coefficient (Wildman–Crippen LogP) is 3.37. The molecule has 0 spiro atoms. The van der Waals surface area contributed by atoms with Gasteiger partial charge < -0.3 is 10.5 Å². The maximum atomic E-state index is 12.2. The lowest BCUT2D eigenvalue weighted by Gasteiger charge is -2.14. The number of hydrogen-bond acceptors (Lipinski definition) is 5. The van der Waals surface area contributed by atoms with Crippen molar-refractivity contribution < 1.29 is 9.53 Å². The molecule has 0 saturated heterocycles. The Morgan fingerprint density at radius 1 is 1.12 bits per heavy atom.